The second kappa shape index (κ2) is 6.23. The number of benzene rings is 1. The molecule has 2 rings (SSSR count). The zero-order valence-electron chi connectivity index (χ0n) is 11.8. The molecule has 0 radical (unpaired) electrons. The zero-order valence-corrected chi connectivity index (χ0v) is 11.8. The van der Waals surface area contributed by atoms with Crippen LogP contribution in [-0.4, -0.2) is 18.2 Å². The number of aromatic nitrogens is 1. The molecule has 0 aliphatic carbocycles. The molecule has 1 aromatic heterocycles. The second-order valence-corrected chi connectivity index (χ2v) is 4.43. The van der Waals surface area contributed by atoms with Crippen LogP contribution in [0.2, 0.25) is 0 Å². The second-order valence-electron chi connectivity index (χ2n) is 4.43. The molecule has 2 aromatic rings. The van der Waals surface area contributed by atoms with Gasteiger partial charge < -0.3 is 14.0 Å². The molecule has 0 aliphatic heterocycles. The van der Waals surface area contributed by atoms with Gasteiger partial charge in [-0.2, -0.15) is 0 Å². The first kappa shape index (κ1) is 14.1. The first-order chi connectivity index (χ1) is 9.61. The molecule has 0 spiro atoms. The Morgan fingerprint density at radius 3 is 2.55 bits per heavy atom. The molecule has 5 heteroatoms. The number of aryl methyl sites for hydroxylation is 2. The molecule has 0 saturated carbocycles. The van der Waals surface area contributed by atoms with E-state index >= 15 is 0 Å². The van der Waals surface area contributed by atoms with Gasteiger partial charge in [0.15, 0.2) is 11.5 Å². The summed E-state index contributed by atoms with van der Waals surface area (Å²) in [5.41, 5.74) is 1.77. The summed E-state index contributed by atoms with van der Waals surface area (Å²) in [5, 5.41) is 3.86. The van der Waals surface area contributed by atoms with Crippen molar-refractivity contribution in [2.24, 2.45) is 0 Å². The molecule has 5 nitrogen and oxygen atoms in total. The van der Waals surface area contributed by atoms with E-state index in [-0.39, 0.29) is 12.4 Å². The lowest BCUT2D eigenvalue weighted by molar-refractivity contribution is -0.134. The van der Waals surface area contributed by atoms with Crippen molar-refractivity contribution in [3.8, 4) is 11.5 Å². The molecule has 1 aromatic carbocycles. The third kappa shape index (κ3) is 3.17. The lowest BCUT2D eigenvalue weighted by Crippen LogP contribution is -2.10. The van der Waals surface area contributed by atoms with E-state index in [2.05, 4.69) is 5.16 Å². The van der Waals surface area contributed by atoms with Crippen molar-refractivity contribution in [3.63, 3.8) is 0 Å². The molecule has 0 amide bonds. The Bertz CT molecular complexity index is 584. The zero-order chi connectivity index (χ0) is 14.5. The third-order valence-corrected chi connectivity index (χ3v) is 3.05. The van der Waals surface area contributed by atoms with Gasteiger partial charge >= 0.3 is 5.97 Å². The predicted molar refractivity (Wildman–Crippen MR) is 72.9 cm³/mol. The first-order valence-electron chi connectivity index (χ1n) is 6.37. The van der Waals surface area contributed by atoms with E-state index < -0.39 is 0 Å². The molecule has 0 unspecified atom stereocenters. The highest BCUT2D eigenvalue weighted by Crippen LogP contribution is 2.26. The Morgan fingerprint density at radius 1 is 1.25 bits per heavy atom. The minimum atomic E-state index is -0.311. The highest BCUT2D eigenvalue weighted by Gasteiger charge is 2.13. The number of esters is 1. The van der Waals surface area contributed by atoms with E-state index in [0.717, 1.165) is 17.0 Å². The van der Waals surface area contributed by atoms with Gasteiger partial charge in [-0.15, -0.1) is 0 Å². The number of ether oxygens (including phenoxy) is 2. The summed E-state index contributed by atoms with van der Waals surface area (Å²) in [6.07, 6.45) is 0.816. The Balaban J connectivity index is 1.96. The van der Waals surface area contributed by atoms with Crippen LogP contribution >= 0.6 is 0 Å². The van der Waals surface area contributed by atoms with Crippen LogP contribution in [-0.2, 0) is 11.2 Å². The van der Waals surface area contributed by atoms with Crippen molar-refractivity contribution < 1.29 is 18.8 Å². The smallest absolute Gasteiger partial charge is 0.311 e. The van der Waals surface area contributed by atoms with Crippen LogP contribution < -0.4 is 9.47 Å². The number of hydrogen-bond donors (Lipinski definition) is 0. The van der Waals surface area contributed by atoms with Crippen molar-refractivity contribution in [3.05, 3.63) is 41.3 Å². The summed E-state index contributed by atoms with van der Waals surface area (Å²) in [5.74, 6) is 1.40. The molecule has 20 heavy (non-hydrogen) atoms. The largest absolute Gasteiger partial charge is 0.493 e. The van der Waals surface area contributed by atoms with Crippen LogP contribution in [0, 0.1) is 13.8 Å². The number of methoxy groups -OCH3 is 1. The Labute approximate surface area is 117 Å². The van der Waals surface area contributed by atoms with Crippen LogP contribution in [0.3, 0.4) is 0 Å². The van der Waals surface area contributed by atoms with Crippen LogP contribution in [0.4, 0.5) is 0 Å². The fraction of sp³-hybridized carbons (Fsp3) is 0.333. The van der Waals surface area contributed by atoms with Gasteiger partial charge in [-0.3, -0.25) is 4.79 Å². The van der Waals surface area contributed by atoms with Crippen LogP contribution in [0.1, 0.15) is 23.4 Å². The first-order valence-corrected chi connectivity index (χ1v) is 6.37. The van der Waals surface area contributed by atoms with E-state index in [1.165, 1.54) is 7.11 Å². The highest BCUT2D eigenvalue weighted by atomic mass is 16.6. The van der Waals surface area contributed by atoms with Crippen molar-refractivity contribution in [2.45, 2.75) is 26.7 Å². The van der Waals surface area contributed by atoms with Gasteiger partial charge in [0.2, 0.25) is 0 Å². The molecule has 0 saturated heterocycles. The average molecular weight is 275 g/mol. The molecule has 0 atom stereocenters. The van der Waals surface area contributed by atoms with Crippen molar-refractivity contribution in [1.29, 1.82) is 0 Å². The third-order valence-electron chi connectivity index (χ3n) is 3.05. The monoisotopic (exact) mass is 275 g/mol. The van der Waals surface area contributed by atoms with Gasteiger partial charge in [-0.05, 0) is 32.4 Å². The number of rotatable bonds is 5. The number of para-hydroxylation sites is 2. The number of carbonyl (C=O) groups excluding carboxylic acids is 1. The van der Waals surface area contributed by atoms with E-state index in [9.17, 15) is 4.79 Å². The summed E-state index contributed by atoms with van der Waals surface area (Å²) in [7, 11) is 1.54. The lowest BCUT2D eigenvalue weighted by atomic mass is 10.1. The van der Waals surface area contributed by atoms with Gasteiger partial charge in [0.1, 0.15) is 5.76 Å². The van der Waals surface area contributed by atoms with Gasteiger partial charge in [-0.25, -0.2) is 0 Å². The van der Waals surface area contributed by atoms with Crippen molar-refractivity contribution in [2.75, 3.05) is 7.11 Å². The average Bonchev–Trinajstić information content (AvgIpc) is 2.76. The molecule has 106 valence electrons. The standard InChI is InChI=1S/C15H17NO4/c1-10-12(11(2)20-16-10)8-9-15(17)19-14-7-5-4-6-13(14)18-3/h4-7H,8-9H2,1-3H3. The fourth-order valence-corrected chi connectivity index (χ4v) is 1.96. The van der Waals surface area contributed by atoms with E-state index in [4.69, 9.17) is 14.0 Å². The van der Waals surface area contributed by atoms with Gasteiger partial charge in [0.25, 0.3) is 0 Å². The normalized spacial score (nSPS) is 10.3. The van der Waals surface area contributed by atoms with Crippen LogP contribution in [0.15, 0.2) is 28.8 Å². The Kier molecular flexibility index (Phi) is 4.40. The summed E-state index contributed by atoms with van der Waals surface area (Å²) in [4.78, 5) is 11.9. The Morgan fingerprint density at radius 2 is 1.95 bits per heavy atom. The summed E-state index contributed by atoms with van der Waals surface area (Å²) in [6.45, 7) is 3.69. The molecule has 0 N–H and O–H groups in total. The number of nitrogens with zero attached hydrogens (tertiary/aromatic N) is 1. The summed E-state index contributed by atoms with van der Waals surface area (Å²) >= 11 is 0. The van der Waals surface area contributed by atoms with Gasteiger partial charge in [-0.1, -0.05) is 17.3 Å². The van der Waals surface area contributed by atoms with Crippen molar-refractivity contribution in [1.82, 2.24) is 5.16 Å². The molecular formula is C15H17NO4. The SMILES string of the molecule is COc1ccccc1OC(=O)CCc1c(C)noc1C. The maximum Gasteiger partial charge on any atom is 0.311 e. The number of hydrogen-bond acceptors (Lipinski definition) is 5. The van der Waals surface area contributed by atoms with E-state index in [1.807, 2.05) is 19.9 Å². The molecule has 0 fully saturated rings. The molecule has 0 bridgehead atoms. The Hall–Kier alpha value is -2.30. The predicted octanol–water partition coefficient (Wildman–Crippen LogP) is 2.84. The highest BCUT2D eigenvalue weighted by molar-refractivity contribution is 5.73. The minimum Gasteiger partial charge on any atom is -0.493 e. The van der Waals surface area contributed by atoms with Crippen LogP contribution in [0.5, 0.6) is 11.5 Å². The number of carbonyl (C=O) groups is 1. The quantitative estimate of drug-likeness (QED) is 0.620. The van der Waals surface area contributed by atoms with E-state index in [1.54, 1.807) is 18.2 Å². The molecule has 1 heterocycles. The summed E-state index contributed by atoms with van der Waals surface area (Å²) in [6, 6.07) is 7.06. The van der Waals surface area contributed by atoms with Gasteiger partial charge in [0, 0.05) is 5.56 Å². The van der Waals surface area contributed by atoms with E-state index in [0.29, 0.717) is 17.9 Å². The molecule has 0 aliphatic rings. The topological polar surface area (TPSA) is 61.6 Å². The van der Waals surface area contributed by atoms with Crippen molar-refractivity contribution >= 4 is 5.97 Å². The minimum absolute atomic E-state index is 0.265. The molecular weight excluding hydrogens is 258 g/mol. The van der Waals surface area contributed by atoms with Crippen LogP contribution in [0.25, 0.3) is 0 Å². The maximum absolute atomic E-state index is 11.9. The summed E-state index contributed by atoms with van der Waals surface area (Å²) < 4.78 is 15.5. The maximum atomic E-state index is 11.9. The lowest BCUT2D eigenvalue weighted by Gasteiger charge is -2.08. The van der Waals surface area contributed by atoms with Gasteiger partial charge in [0.05, 0.1) is 19.2 Å². The fourth-order valence-electron chi connectivity index (χ4n) is 1.96.